The lowest BCUT2D eigenvalue weighted by Gasteiger charge is -2.26. The zero-order valence-corrected chi connectivity index (χ0v) is 15.1. The number of nitrogens with two attached hydrogens (primary N) is 3. The van der Waals surface area contributed by atoms with Crippen molar-refractivity contribution in [1.29, 1.82) is 0 Å². The Bertz CT molecular complexity index is 907. The number of halogens is 1. The third-order valence-corrected chi connectivity index (χ3v) is 4.84. The molecular weight excluding hydrogens is 347 g/mol. The molecular formula is C20H23FN4O2. The number of ether oxygens (including phenoxy) is 1. The summed E-state index contributed by atoms with van der Waals surface area (Å²) in [7, 11) is 1.39. The second-order valence-corrected chi connectivity index (χ2v) is 6.52. The highest BCUT2D eigenvalue weighted by Gasteiger charge is 2.22. The van der Waals surface area contributed by atoms with Crippen LogP contribution in [0.3, 0.4) is 0 Å². The maximum atomic E-state index is 14.6. The number of hydrogen-bond donors (Lipinski definition) is 4. The molecule has 2 aromatic carbocycles. The third kappa shape index (κ3) is 3.53. The van der Waals surface area contributed by atoms with Crippen molar-refractivity contribution in [3.05, 3.63) is 53.5 Å². The minimum atomic E-state index is -0.526. The summed E-state index contributed by atoms with van der Waals surface area (Å²) in [6, 6.07) is 9.94. The van der Waals surface area contributed by atoms with Gasteiger partial charge in [-0.2, -0.15) is 0 Å². The van der Waals surface area contributed by atoms with Gasteiger partial charge in [-0.15, -0.1) is 0 Å². The molecule has 0 spiro atoms. The van der Waals surface area contributed by atoms with E-state index in [2.05, 4.69) is 5.32 Å². The fourth-order valence-electron chi connectivity index (χ4n) is 2.99. The number of methoxy groups -OCH3 is 1. The molecule has 1 amide bonds. The van der Waals surface area contributed by atoms with E-state index in [9.17, 15) is 9.18 Å². The molecule has 7 N–H and O–H groups in total. The fraction of sp³-hybridized carbons (Fsp3) is 0.250. The van der Waals surface area contributed by atoms with Crippen molar-refractivity contribution >= 4 is 17.3 Å². The molecule has 0 bridgehead atoms. The Morgan fingerprint density at radius 1 is 1.15 bits per heavy atom. The van der Waals surface area contributed by atoms with Gasteiger partial charge in [0.1, 0.15) is 5.70 Å². The highest BCUT2D eigenvalue weighted by molar-refractivity contribution is 6.01. The van der Waals surface area contributed by atoms with Crippen molar-refractivity contribution in [2.75, 3.05) is 12.8 Å². The Labute approximate surface area is 157 Å². The van der Waals surface area contributed by atoms with Gasteiger partial charge in [0.2, 0.25) is 0 Å². The molecule has 1 aliphatic carbocycles. The summed E-state index contributed by atoms with van der Waals surface area (Å²) in [6.07, 6.45) is 2.96. The molecule has 1 saturated carbocycles. The molecule has 0 aliphatic heterocycles. The highest BCUT2D eigenvalue weighted by atomic mass is 19.1. The Hall–Kier alpha value is -3.22. The second kappa shape index (κ2) is 7.57. The maximum absolute atomic E-state index is 14.6. The van der Waals surface area contributed by atoms with Gasteiger partial charge in [-0.05, 0) is 25.3 Å². The third-order valence-electron chi connectivity index (χ3n) is 4.84. The minimum absolute atomic E-state index is 0.0643. The number of nitrogen functional groups attached to an aromatic ring is 1. The van der Waals surface area contributed by atoms with Crippen molar-refractivity contribution < 1.29 is 13.9 Å². The number of hydrogen-bond acceptors (Lipinski definition) is 5. The molecule has 27 heavy (non-hydrogen) atoms. The van der Waals surface area contributed by atoms with Crippen molar-refractivity contribution in [2.24, 2.45) is 11.5 Å². The summed E-state index contributed by atoms with van der Waals surface area (Å²) in [5.41, 5.74) is 19.6. The van der Waals surface area contributed by atoms with Crippen LogP contribution in [0.2, 0.25) is 0 Å². The summed E-state index contributed by atoms with van der Waals surface area (Å²) in [5, 5.41) is 2.84. The average Bonchev–Trinajstić information content (AvgIpc) is 2.64. The van der Waals surface area contributed by atoms with Gasteiger partial charge in [0.15, 0.2) is 11.6 Å². The molecule has 0 atom stereocenters. The molecule has 142 valence electrons. The molecule has 0 radical (unpaired) electrons. The lowest BCUT2D eigenvalue weighted by atomic mass is 9.93. The molecule has 0 aromatic heterocycles. The van der Waals surface area contributed by atoms with Crippen LogP contribution >= 0.6 is 0 Å². The number of carbonyl (C=O) groups excluding carboxylic acids is 1. The topological polar surface area (TPSA) is 116 Å². The summed E-state index contributed by atoms with van der Waals surface area (Å²) in [4.78, 5) is 12.3. The predicted molar refractivity (Wildman–Crippen MR) is 104 cm³/mol. The van der Waals surface area contributed by atoms with E-state index < -0.39 is 11.7 Å². The monoisotopic (exact) mass is 370 g/mol. The van der Waals surface area contributed by atoms with Gasteiger partial charge >= 0.3 is 0 Å². The van der Waals surface area contributed by atoms with Gasteiger partial charge in [0, 0.05) is 28.4 Å². The van der Waals surface area contributed by atoms with E-state index in [-0.39, 0.29) is 34.4 Å². The van der Waals surface area contributed by atoms with E-state index in [1.54, 1.807) is 30.3 Å². The van der Waals surface area contributed by atoms with Crippen LogP contribution in [-0.2, 0) is 4.79 Å². The minimum Gasteiger partial charge on any atom is -0.494 e. The molecule has 1 aliphatic rings. The quantitative estimate of drug-likeness (QED) is 0.476. The van der Waals surface area contributed by atoms with Crippen LogP contribution in [0.25, 0.3) is 16.8 Å². The van der Waals surface area contributed by atoms with Crippen LogP contribution < -0.4 is 27.3 Å². The average molecular weight is 370 g/mol. The van der Waals surface area contributed by atoms with Gasteiger partial charge in [-0.3, -0.25) is 4.79 Å². The number of anilines is 1. The van der Waals surface area contributed by atoms with Crippen molar-refractivity contribution in [2.45, 2.75) is 25.3 Å². The van der Waals surface area contributed by atoms with E-state index in [0.29, 0.717) is 11.1 Å². The van der Waals surface area contributed by atoms with Gasteiger partial charge < -0.3 is 27.3 Å². The largest absolute Gasteiger partial charge is 0.494 e. The predicted octanol–water partition coefficient (Wildman–Crippen LogP) is 2.34. The van der Waals surface area contributed by atoms with Gasteiger partial charge in [0.25, 0.3) is 5.91 Å². The van der Waals surface area contributed by atoms with Crippen LogP contribution in [-0.4, -0.2) is 19.1 Å². The summed E-state index contributed by atoms with van der Waals surface area (Å²) in [6.45, 7) is 0. The number of benzene rings is 2. The number of amides is 1. The number of nitrogens with one attached hydrogen (secondary N) is 1. The first-order chi connectivity index (χ1) is 12.9. The Kier molecular flexibility index (Phi) is 5.21. The van der Waals surface area contributed by atoms with Crippen molar-refractivity contribution in [1.82, 2.24) is 5.32 Å². The summed E-state index contributed by atoms with van der Waals surface area (Å²) < 4.78 is 19.7. The molecule has 3 rings (SSSR count). The molecule has 7 heteroatoms. The van der Waals surface area contributed by atoms with Gasteiger partial charge in [0.05, 0.1) is 12.8 Å². The fourth-order valence-corrected chi connectivity index (χ4v) is 2.99. The van der Waals surface area contributed by atoms with Crippen molar-refractivity contribution in [3.8, 4) is 16.9 Å². The van der Waals surface area contributed by atoms with Crippen LogP contribution in [0.5, 0.6) is 5.75 Å². The number of para-hydroxylation sites is 1. The lowest BCUT2D eigenvalue weighted by Crippen LogP contribution is -2.42. The van der Waals surface area contributed by atoms with Crippen LogP contribution in [0.15, 0.2) is 42.1 Å². The smallest absolute Gasteiger partial charge is 0.269 e. The summed E-state index contributed by atoms with van der Waals surface area (Å²) in [5.74, 6) is -0.836. The first-order valence-corrected chi connectivity index (χ1v) is 8.71. The Morgan fingerprint density at radius 3 is 2.44 bits per heavy atom. The molecule has 2 aromatic rings. The van der Waals surface area contributed by atoms with Gasteiger partial charge in [-0.25, -0.2) is 4.39 Å². The Morgan fingerprint density at radius 2 is 1.81 bits per heavy atom. The maximum Gasteiger partial charge on any atom is 0.269 e. The van der Waals surface area contributed by atoms with E-state index in [1.165, 1.54) is 13.2 Å². The number of rotatable bonds is 5. The first kappa shape index (κ1) is 18.6. The van der Waals surface area contributed by atoms with Crippen LogP contribution in [0.1, 0.15) is 24.8 Å². The standard InChI is InChI=1S/C20H23FN4O2/c1-27-15-10-4-7-12(16(15)21)13-8-3-9-14(17(13)22)18(23)19(24)20(26)25-11-5-2-6-11/h3-4,7-11H,2,5-6,22-24H2,1H3,(H,25,26)/b19-18+. The van der Waals surface area contributed by atoms with Crippen molar-refractivity contribution in [3.63, 3.8) is 0 Å². The number of carbonyl (C=O) groups is 1. The Balaban J connectivity index is 1.99. The zero-order valence-electron chi connectivity index (χ0n) is 15.1. The second-order valence-electron chi connectivity index (χ2n) is 6.52. The SMILES string of the molecule is COc1cccc(-c2cccc(/C(N)=C(\N)C(=O)NC3CCC3)c2N)c1F. The normalized spacial score (nSPS) is 14.9. The molecule has 1 fully saturated rings. The van der Waals surface area contributed by atoms with Gasteiger partial charge in [-0.1, -0.05) is 30.3 Å². The molecule has 6 nitrogen and oxygen atoms in total. The van der Waals surface area contributed by atoms with Crippen LogP contribution in [0, 0.1) is 5.82 Å². The molecule has 0 heterocycles. The van der Waals surface area contributed by atoms with E-state index in [4.69, 9.17) is 21.9 Å². The van der Waals surface area contributed by atoms with Crippen LogP contribution in [0.4, 0.5) is 10.1 Å². The molecule has 0 saturated heterocycles. The lowest BCUT2D eigenvalue weighted by molar-refractivity contribution is -0.118. The van der Waals surface area contributed by atoms with E-state index >= 15 is 0 Å². The van der Waals surface area contributed by atoms with E-state index in [1.807, 2.05) is 0 Å². The van der Waals surface area contributed by atoms with E-state index in [0.717, 1.165) is 19.3 Å². The molecule has 0 unspecified atom stereocenters. The first-order valence-electron chi connectivity index (χ1n) is 8.71. The summed E-state index contributed by atoms with van der Waals surface area (Å²) >= 11 is 0. The zero-order chi connectivity index (χ0) is 19.6. The highest BCUT2D eigenvalue weighted by Crippen LogP contribution is 2.35.